The number of pyridine rings is 1. The maximum Gasteiger partial charge on any atom is 0.329 e. The number of fused-ring (bicyclic) bond motifs is 6. The number of imidazole rings is 1. The number of piperidine rings is 1. The number of nitrogens with one attached hydrogen (secondary N) is 4. The van der Waals surface area contributed by atoms with Gasteiger partial charge in [-0.3, -0.25) is 33.6 Å². The Morgan fingerprint density at radius 3 is 2.73 bits per heavy atom. The maximum absolute atomic E-state index is 13.0. The third kappa shape index (κ3) is 8.47. The first-order chi connectivity index (χ1) is 28.6. The van der Waals surface area contributed by atoms with Crippen molar-refractivity contribution in [2.24, 2.45) is 7.05 Å². The number of benzene rings is 3. The summed E-state index contributed by atoms with van der Waals surface area (Å²) in [7, 11) is 1.66. The lowest BCUT2D eigenvalue weighted by Gasteiger charge is -2.21. The molecule has 4 N–H and O–H groups in total. The van der Waals surface area contributed by atoms with E-state index in [1.807, 2.05) is 67.6 Å². The van der Waals surface area contributed by atoms with Gasteiger partial charge >= 0.3 is 5.69 Å². The molecule has 59 heavy (non-hydrogen) atoms. The van der Waals surface area contributed by atoms with E-state index in [1.54, 1.807) is 7.05 Å². The van der Waals surface area contributed by atoms with Gasteiger partial charge in [0.1, 0.15) is 17.5 Å². The van der Waals surface area contributed by atoms with Crippen molar-refractivity contribution < 1.29 is 28.7 Å². The zero-order valence-corrected chi connectivity index (χ0v) is 33.5. The van der Waals surface area contributed by atoms with E-state index in [4.69, 9.17) is 14.5 Å². The van der Waals surface area contributed by atoms with E-state index >= 15 is 0 Å². The minimum atomic E-state index is -0.725. The minimum absolute atomic E-state index is 0.0381. The van der Waals surface area contributed by atoms with Crippen LogP contribution in [0.25, 0.3) is 43.3 Å². The molecular formula is C44H43N7O7S. The van der Waals surface area contributed by atoms with Crippen LogP contribution in [-0.4, -0.2) is 83.3 Å². The van der Waals surface area contributed by atoms with Gasteiger partial charge in [-0.2, -0.15) is 0 Å². The van der Waals surface area contributed by atoms with Crippen molar-refractivity contribution in [1.29, 1.82) is 0 Å². The molecule has 0 spiro atoms. The maximum atomic E-state index is 13.0. The molecule has 2 aliphatic heterocycles. The number of aromatic nitrogens is 3. The van der Waals surface area contributed by atoms with Crippen LogP contribution in [0, 0.1) is 11.8 Å². The fourth-order valence-electron chi connectivity index (χ4n) is 7.49. The van der Waals surface area contributed by atoms with Crippen LogP contribution in [0.1, 0.15) is 53.0 Å². The largest absolute Gasteiger partial charge is 0.381 e. The monoisotopic (exact) mass is 813 g/mol. The van der Waals surface area contributed by atoms with Crippen LogP contribution in [0.4, 0.5) is 5.69 Å². The Hall–Kier alpha value is -6.34. The Balaban J connectivity index is 0.760. The summed E-state index contributed by atoms with van der Waals surface area (Å²) in [5.74, 6) is 5.25. The number of thiophene rings is 1. The Kier molecular flexibility index (Phi) is 11.5. The van der Waals surface area contributed by atoms with E-state index in [2.05, 4.69) is 39.2 Å². The lowest BCUT2D eigenvalue weighted by molar-refractivity contribution is -0.135. The predicted molar refractivity (Wildman–Crippen MR) is 226 cm³/mol. The topological polar surface area (TPSA) is 175 Å². The molecular weight excluding hydrogens is 771 g/mol. The molecule has 14 nitrogen and oxygen atoms in total. The molecule has 0 radical (unpaired) electrons. The highest BCUT2D eigenvalue weighted by Gasteiger charge is 2.31. The highest BCUT2D eigenvalue weighted by Crippen LogP contribution is 2.41. The molecule has 8 rings (SSSR count). The molecule has 3 aromatic heterocycles. The van der Waals surface area contributed by atoms with Crippen LogP contribution in [0.3, 0.4) is 0 Å². The number of hydrogen-bond acceptors (Lipinski definition) is 10. The number of anilines is 1. The number of amides is 4. The molecule has 2 atom stereocenters. The average molecular weight is 814 g/mol. The summed E-state index contributed by atoms with van der Waals surface area (Å²) in [5, 5.41) is 13.7. The van der Waals surface area contributed by atoms with E-state index in [0.717, 1.165) is 49.1 Å². The second-order valence-electron chi connectivity index (χ2n) is 14.7. The number of ether oxygens (including phenoxy) is 2. The van der Waals surface area contributed by atoms with Crippen molar-refractivity contribution >= 4 is 72.7 Å². The molecule has 5 heterocycles. The number of carbonyl (C=O) groups excluding carboxylic acids is 4. The summed E-state index contributed by atoms with van der Waals surface area (Å²) in [5.41, 5.74) is 6.32. The smallest absolute Gasteiger partial charge is 0.329 e. The Morgan fingerprint density at radius 2 is 1.86 bits per heavy atom. The zero-order valence-electron chi connectivity index (χ0n) is 32.7. The van der Waals surface area contributed by atoms with Gasteiger partial charge in [0.05, 0.1) is 47.8 Å². The van der Waals surface area contributed by atoms with Gasteiger partial charge in [0.25, 0.3) is 5.91 Å². The van der Waals surface area contributed by atoms with Crippen molar-refractivity contribution in [3.8, 4) is 23.1 Å². The highest BCUT2D eigenvalue weighted by molar-refractivity contribution is 7.21. The van der Waals surface area contributed by atoms with Crippen molar-refractivity contribution in [3.05, 3.63) is 93.2 Å². The van der Waals surface area contributed by atoms with Crippen LogP contribution < -0.4 is 27.0 Å². The Morgan fingerprint density at radius 1 is 1.00 bits per heavy atom. The van der Waals surface area contributed by atoms with E-state index in [-0.39, 0.29) is 55.5 Å². The van der Waals surface area contributed by atoms with E-state index in [0.29, 0.717) is 55.1 Å². The summed E-state index contributed by atoms with van der Waals surface area (Å²) in [4.78, 5) is 67.8. The van der Waals surface area contributed by atoms with Crippen molar-refractivity contribution in [2.75, 3.05) is 44.8 Å². The first kappa shape index (κ1) is 39.5. The SMILES string of the molecule is C[C@@H]1CNc2c(sc3ccc4nc(-c5cccc(C#CCCNC(=O)COCCOCCc6ccc7c(c6)n(C)c(=O)n7C6CCC(=O)NC6=O)c5)ccc4c23)C(=O)N1. The Bertz CT molecular complexity index is 2760. The highest BCUT2D eigenvalue weighted by atomic mass is 32.1. The molecule has 1 saturated heterocycles. The molecule has 302 valence electrons. The average Bonchev–Trinajstić information content (AvgIpc) is 3.68. The van der Waals surface area contributed by atoms with Gasteiger partial charge in [0.15, 0.2) is 0 Å². The second kappa shape index (κ2) is 17.3. The van der Waals surface area contributed by atoms with Crippen LogP contribution >= 0.6 is 11.3 Å². The first-order valence-electron chi connectivity index (χ1n) is 19.6. The van der Waals surface area contributed by atoms with E-state index < -0.39 is 11.9 Å². The molecule has 3 aromatic carbocycles. The summed E-state index contributed by atoms with van der Waals surface area (Å²) < 4.78 is 15.2. The van der Waals surface area contributed by atoms with Crippen molar-refractivity contribution in [3.63, 3.8) is 0 Å². The minimum Gasteiger partial charge on any atom is -0.381 e. The molecule has 4 amide bonds. The number of imide groups is 1. The molecule has 0 aliphatic carbocycles. The summed E-state index contributed by atoms with van der Waals surface area (Å²) >= 11 is 1.49. The van der Waals surface area contributed by atoms with Gasteiger partial charge in [-0.05, 0) is 73.9 Å². The summed E-state index contributed by atoms with van der Waals surface area (Å²) in [6, 6.07) is 21.0. The first-order valence-corrected chi connectivity index (χ1v) is 20.4. The van der Waals surface area contributed by atoms with Crippen LogP contribution in [0.2, 0.25) is 0 Å². The number of nitrogens with zero attached hydrogens (tertiary/aromatic N) is 3. The number of aryl methyl sites for hydroxylation is 1. The van der Waals surface area contributed by atoms with Crippen LogP contribution in [0.15, 0.2) is 71.5 Å². The predicted octanol–water partition coefficient (Wildman–Crippen LogP) is 4.43. The van der Waals surface area contributed by atoms with Gasteiger partial charge in [-0.1, -0.05) is 30.0 Å². The molecule has 0 bridgehead atoms. The van der Waals surface area contributed by atoms with Crippen LogP contribution in [0.5, 0.6) is 0 Å². The van der Waals surface area contributed by atoms with Crippen LogP contribution in [-0.2, 0) is 37.3 Å². The summed E-state index contributed by atoms with van der Waals surface area (Å²) in [6.45, 7) is 3.94. The lowest BCUT2D eigenvalue weighted by Crippen LogP contribution is -2.44. The number of carbonyl (C=O) groups is 4. The van der Waals surface area contributed by atoms with Gasteiger partial charge < -0.3 is 25.4 Å². The quantitative estimate of drug-likeness (QED) is 0.0793. The molecule has 15 heteroatoms. The van der Waals surface area contributed by atoms with Crippen molar-refractivity contribution in [2.45, 2.75) is 44.7 Å². The lowest BCUT2D eigenvalue weighted by atomic mass is 10.0. The fraction of sp³-hybridized carbons (Fsp3) is 0.318. The molecule has 2 aliphatic rings. The summed E-state index contributed by atoms with van der Waals surface area (Å²) in [6.07, 6.45) is 1.54. The second-order valence-corrected chi connectivity index (χ2v) is 15.7. The Labute approximate surface area is 343 Å². The molecule has 1 unspecified atom stereocenters. The zero-order chi connectivity index (χ0) is 41.0. The van der Waals surface area contributed by atoms with Gasteiger partial charge in [0, 0.05) is 65.6 Å². The van der Waals surface area contributed by atoms with Gasteiger partial charge in [-0.15, -0.1) is 11.3 Å². The third-order valence-electron chi connectivity index (χ3n) is 10.5. The standard InChI is InChI=1S/C44H43N7O7S/c1-26-24-46-40-39-30-10-11-31(48-32(30)12-15-36(39)59-41(40)43(55)47-26)29-8-5-7-27(22-29)6-3-4-18-45-38(53)25-58-21-20-57-19-17-28-9-13-33-35(23-28)50(2)44(56)51(33)34-14-16-37(52)49-42(34)54/h5,7-13,15,22-23,26,34,46H,4,14,16-21,24-25H2,1-2H3,(H,45,53)(H,47,55)(H,49,52,54)/t26-,34?/m1/s1. The fourth-order valence-corrected chi connectivity index (χ4v) is 8.59. The van der Waals surface area contributed by atoms with E-state index in [9.17, 15) is 24.0 Å². The van der Waals surface area contributed by atoms with Gasteiger partial charge in [0.2, 0.25) is 17.7 Å². The number of rotatable bonds is 12. The van der Waals surface area contributed by atoms with Crippen molar-refractivity contribution in [1.82, 2.24) is 30.1 Å². The third-order valence-corrected chi connectivity index (χ3v) is 11.6. The molecule has 1 fully saturated rings. The van der Waals surface area contributed by atoms with Gasteiger partial charge in [-0.25, -0.2) is 9.78 Å². The van der Waals surface area contributed by atoms with E-state index in [1.165, 1.54) is 20.5 Å². The molecule has 6 aromatic rings. The number of hydrogen-bond donors (Lipinski definition) is 4. The molecule has 0 saturated carbocycles. The normalized spacial score (nSPS) is 16.5.